The molecule has 1 aromatic rings. The summed E-state index contributed by atoms with van der Waals surface area (Å²) in [7, 11) is 2.07. The minimum Gasteiger partial charge on any atom is -0.493 e. The lowest BCUT2D eigenvalue weighted by molar-refractivity contribution is 0.348. The van der Waals surface area contributed by atoms with Crippen LogP contribution in [-0.2, 0) is 6.42 Å². The molecule has 1 aromatic carbocycles. The van der Waals surface area contributed by atoms with Gasteiger partial charge in [0.05, 0.1) is 6.61 Å². The topological polar surface area (TPSA) is 21.3 Å². The third-order valence-corrected chi connectivity index (χ3v) is 7.15. The van der Waals surface area contributed by atoms with Gasteiger partial charge in [-0.15, -0.1) is 0 Å². The molecule has 2 aliphatic heterocycles. The van der Waals surface area contributed by atoms with Crippen molar-refractivity contribution in [1.29, 1.82) is 0 Å². The molecule has 0 aromatic heterocycles. The first kappa shape index (κ1) is 13.7. The highest BCUT2D eigenvalue weighted by Crippen LogP contribution is 2.42. The Morgan fingerprint density at radius 2 is 2.16 bits per heavy atom. The van der Waals surface area contributed by atoms with Crippen LogP contribution < -0.4 is 10.1 Å². The largest absolute Gasteiger partial charge is 0.493 e. The molecule has 2 heterocycles. The van der Waals surface area contributed by atoms with Crippen molar-refractivity contribution in [2.45, 2.75) is 29.9 Å². The van der Waals surface area contributed by atoms with Gasteiger partial charge < -0.3 is 10.1 Å². The molecule has 2 nitrogen and oxygen atoms in total. The Hall–Kier alpha value is -0.320. The van der Waals surface area contributed by atoms with Crippen molar-refractivity contribution in [3.05, 3.63) is 29.3 Å². The Kier molecular flexibility index (Phi) is 4.30. The minimum atomic E-state index is 0.390. The van der Waals surface area contributed by atoms with Crippen LogP contribution >= 0.6 is 23.5 Å². The number of thioether (sulfide) groups is 2. The van der Waals surface area contributed by atoms with E-state index in [0.717, 1.165) is 18.8 Å². The van der Waals surface area contributed by atoms with Gasteiger partial charge in [0.25, 0.3) is 0 Å². The van der Waals surface area contributed by atoms with Crippen molar-refractivity contribution >= 4 is 23.5 Å². The smallest absolute Gasteiger partial charge is 0.127 e. The number of hydrogen-bond acceptors (Lipinski definition) is 4. The van der Waals surface area contributed by atoms with Crippen molar-refractivity contribution in [1.82, 2.24) is 5.32 Å². The zero-order chi connectivity index (χ0) is 13.2. The Labute approximate surface area is 124 Å². The molecular formula is C15H21NOS2. The summed E-state index contributed by atoms with van der Waals surface area (Å²) in [4.78, 5) is 0. The predicted octanol–water partition coefficient (Wildman–Crippen LogP) is 3.12. The summed E-state index contributed by atoms with van der Waals surface area (Å²) in [5.74, 6) is 3.68. The fourth-order valence-corrected chi connectivity index (χ4v) is 5.98. The number of fused-ring (bicyclic) bond motifs is 1. The molecule has 2 aliphatic rings. The second-order valence-electron chi connectivity index (χ2n) is 5.11. The summed E-state index contributed by atoms with van der Waals surface area (Å²) in [6.07, 6.45) is 1.06. The lowest BCUT2D eigenvalue weighted by Crippen LogP contribution is -2.36. The average Bonchev–Trinajstić information content (AvgIpc) is 2.91. The molecule has 0 bridgehead atoms. The van der Waals surface area contributed by atoms with Gasteiger partial charge in [0.2, 0.25) is 0 Å². The molecular weight excluding hydrogens is 274 g/mol. The second-order valence-corrected chi connectivity index (χ2v) is 7.88. The molecule has 0 aliphatic carbocycles. The SMILES string of the molecule is CNC(c1cccc2c1OCC2)C1SCCSC1C. The first-order valence-electron chi connectivity index (χ1n) is 6.96. The van der Waals surface area contributed by atoms with Crippen LogP contribution in [0, 0.1) is 0 Å². The Balaban J connectivity index is 1.92. The van der Waals surface area contributed by atoms with E-state index in [9.17, 15) is 0 Å². The summed E-state index contributed by atoms with van der Waals surface area (Å²) in [6, 6.07) is 7.00. The monoisotopic (exact) mass is 295 g/mol. The number of ether oxygens (including phenoxy) is 1. The number of hydrogen-bond donors (Lipinski definition) is 1. The van der Waals surface area contributed by atoms with Crippen LogP contribution in [0.25, 0.3) is 0 Å². The van der Waals surface area contributed by atoms with Crippen molar-refractivity contribution < 1.29 is 4.74 Å². The van der Waals surface area contributed by atoms with Gasteiger partial charge in [-0.3, -0.25) is 0 Å². The number of rotatable bonds is 3. The third kappa shape index (κ3) is 2.63. The van der Waals surface area contributed by atoms with Crippen molar-refractivity contribution in [3.8, 4) is 5.75 Å². The highest BCUT2D eigenvalue weighted by molar-refractivity contribution is 8.07. The van der Waals surface area contributed by atoms with Crippen LogP contribution in [0.4, 0.5) is 0 Å². The summed E-state index contributed by atoms with van der Waals surface area (Å²) >= 11 is 4.20. The van der Waals surface area contributed by atoms with Gasteiger partial charge in [0, 0.05) is 40.0 Å². The van der Waals surface area contributed by atoms with E-state index in [1.165, 1.54) is 22.6 Å². The van der Waals surface area contributed by atoms with Gasteiger partial charge in [-0.05, 0) is 12.6 Å². The maximum Gasteiger partial charge on any atom is 0.127 e. The van der Waals surface area contributed by atoms with Gasteiger partial charge in [-0.2, -0.15) is 23.5 Å². The van der Waals surface area contributed by atoms with E-state index in [-0.39, 0.29) is 0 Å². The molecule has 3 rings (SSSR count). The average molecular weight is 295 g/mol. The van der Waals surface area contributed by atoms with Gasteiger partial charge in [0.15, 0.2) is 0 Å². The quantitative estimate of drug-likeness (QED) is 0.924. The van der Waals surface area contributed by atoms with Crippen LogP contribution in [0.15, 0.2) is 18.2 Å². The number of benzene rings is 1. The Morgan fingerprint density at radius 1 is 1.32 bits per heavy atom. The van der Waals surface area contributed by atoms with Crippen LogP contribution in [0.1, 0.15) is 24.1 Å². The van der Waals surface area contributed by atoms with E-state index >= 15 is 0 Å². The molecule has 104 valence electrons. The highest BCUT2D eigenvalue weighted by atomic mass is 32.2. The zero-order valence-electron chi connectivity index (χ0n) is 11.5. The second kappa shape index (κ2) is 5.98. The van der Waals surface area contributed by atoms with Crippen LogP contribution in [-0.4, -0.2) is 35.7 Å². The summed E-state index contributed by atoms with van der Waals surface area (Å²) in [5.41, 5.74) is 2.73. The lowest BCUT2D eigenvalue weighted by Gasteiger charge is -2.35. The van der Waals surface area contributed by atoms with E-state index < -0.39 is 0 Å². The summed E-state index contributed by atoms with van der Waals surface area (Å²) in [6.45, 7) is 3.20. The van der Waals surface area contributed by atoms with Gasteiger partial charge in [-0.25, -0.2) is 0 Å². The fourth-order valence-electron chi connectivity index (χ4n) is 3.00. The van der Waals surface area contributed by atoms with E-state index in [4.69, 9.17) is 4.74 Å². The van der Waals surface area contributed by atoms with Crippen LogP contribution in [0.5, 0.6) is 5.75 Å². The van der Waals surface area contributed by atoms with E-state index in [0.29, 0.717) is 16.5 Å². The maximum atomic E-state index is 5.88. The normalized spacial score (nSPS) is 27.7. The van der Waals surface area contributed by atoms with Crippen LogP contribution in [0.2, 0.25) is 0 Å². The molecule has 0 spiro atoms. The predicted molar refractivity (Wildman–Crippen MR) is 85.6 cm³/mol. The first-order valence-corrected chi connectivity index (χ1v) is 9.06. The van der Waals surface area contributed by atoms with E-state index in [1.54, 1.807) is 0 Å². The Bertz CT molecular complexity index is 452. The van der Waals surface area contributed by atoms with Crippen LogP contribution in [0.3, 0.4) is 0 Å². The van der Waals surface area contributed by atoms with Crippen molar-refractivity contribution in [3.63, 3.8) is 0 Å². The van der Waals surface area contributed by atoms with E-state index in [1.807, 2.05) is 0 Å². The van der Waals surface area contributed by atoms with Gasteiger partial charge >= 0.3 is 0 Å². The molecule has 0 saturated carbocycles. The first-order chi connectivity index (χ1) is 9.31. The molecule has 0 radical (unpaired) electrons. The zero-order valence-corrected chi connectivity index (χ0v) is 13.2. The van der Waals surface area contributed by atoms with Crippen molar-refractivity contribution in [2.75, 3.05) is 25.2 Å². The van der Waals surface area contributed by atoms with Gasteiger partial charge in [-0.1, -0.05) is 25.1 Å². The number of para-hydroxylation sites is 1. The summed E-state index contributed by atoms with van der Waals surface area (Å²) in [5, 5.41) is 4.85. The molecule has 3 atom stereocenters. The highest BCUT2D eigenvalue weighted by Gasteiger charge is 2.33. The molecule has 3 unspecified atom stereocenters. The molecule has 1 N–H and O–H groups in total. The molecule has 1 saturated heterocycles. The van der Waals surface area contributed by atoms with Gasteiger partial charge in [0.1, 0.15) is 5.75 Å². The van der Waals surface area contributed by atoms with E-state index in [2.05, 4.69) is 61.0 Å². The third-order valence-electron chi connectivity index (χ3n) is 3.96. The standard InChI is InChI=1S/C15H21NOS2/c1-10-15(19-9-8-18-10)13(16-2)12-5-3-4-11-6-7-17-14(11)12/h3-5,10,13,15-16H,6-9H2,1-2H3. The molecule has 0 amide bonds. The Morgan fingerprint density at radius 3 is 2.95 bits per heavy atom. The minimum absolute atomic E-state index is 0.390. The lowest BCUT2D eigenvalue weighted by atomic mass is 9.98. The molecule has 1 fully saturated rings. The molecule has 4 heteroatoms. The maximum absolute atomic E-state index is 5.88. The fraction of sp³-hybridized carbons (Fsp3) is 0.600. The summed E-state index contributed by atoms with van der Waals surface area (Å²) < 4.78 is 5.88. The van der Waals surface area contributed by atoms with Crippen molar-refractivity contribution in [2.24, 2.45) is 0 Å². The molecule has 19 heavy (non-hydrogen) atoms. The number of nitrogens with one attached hydrogen (secondary N) is 1.